The predicted molar refractivity (Wildman–Crippen MR) is 78.3 cm³/mol. The Balaban J connectivity index is 1.64. The van der Waals surface area contributed by atoms with Crippen LogP contribution in [-0.2, 0) is 13.5 Å². The predicted octanol–water partition coefficient (Wildman–Crippen LogP) is 1.41. The van der Waals surface area contributed by atoms with Gasteiger partial charge in [-0.3, -0.25) is 0 Å². The highest BCUT2D eigenvalue weighted by Gasteiger charge is 2.18. The lowest BCUT2D eigenvalue weighted by molar-refractivity contribution is 0.260. The highest BCUT2D eigenvalue weighted by atomic mass is 15.2. The minimum absolute atomic E-state index is 0.707. The number of nitrogens with one attached hydrogen (secondary N) is 1. The largest absolute Gasteiger partial charge is 0.334 e. The van der Waals surface area contributed by atoms with Crippen molar-refractivity contribution in [3.8, 4) is 0 Å². The first-order valence-corrected chi connectivity index (χ1v) is 7.05. The van der Waals surface area contributed by atoms with Gasteiger partial charge in [0.15, 0.2) is 0 Å². The minimum atomic E-state index is 0.707. The molecule has 0 aliphatic carbocycles. The molecule has 1 saturated heterocycles. The summed E-state index contributed by atoms with van der Waals surface area (Å²) < 4.78 is 2.06. The first-order chi connectivity index (χ1) is 9.24. The molecular weight excluding hydrogens is 236 g/mol. The standard InChI is InChI=1S/C15H22N4/c1-18(13-5-7-16-10-13)8-6-12-3-4-15-14(9-12)17-11-19(15)2/h3-4,9,11,13,16H,5-8,10H2,1-2H3. The van der Waals surface area contributed by atoms with E-state index in [0.29, 0.717) is 6.04 Å². The monoisotopic (exact) mass is 258 g/mol. The highest BCUT2D eigenvalue weighted by Crippen LogP contribution is 2.15. The summed E-state index contributed by atoms with van der Waals surface area (Å²) in [6, 6.07) is 7.33. The Morgan fingerprint density at radius 2 is 2.37 bits per heavy atom. The van der Waals surface area contributed by atoms with Crippen LogP contribution in [0.3, 0.4) is 0 Å². The third kappa shape index (κ3) is 2.65. The van der Waals surface area contributed by atoms with Gasteiger partial charge in [-0.15, -0.1) is 0 Å². The normalized spacial score (nSPS) is 19.6. The molecule has 4 nitrogen and oxygen atoms in total. The smallest absolute Gasteiger partial charge is 0.0955 e. The van der Waals surface area contributed by atoms with Crippen LogP contribution in [0.15, 0.2) is 24.5 Å². The average molecular weight is 258 g/mol. The van der Waals surface area contributed by atoms with Crippen molar-refractivity contribution in [2.75, 3.05) is 26.7 Å². The van der Waals surface area contributed by atoms with E-state index in [1.807, 2.05) is 13.4 Å². The molecule has 1 fully saturated rings. The molecule has 2 aromatic rings. The first kappa shape index (κ1) is 12.6. The SMILES string of the molecule is CN(CCc1ccc2c(c1)ncn2C)C1CCNC1. The Morgan fingerprint density at radius 3 is 3.16 bits per heavy atom. The number of aryl methyl sites for hydroxylation is 1. The quantitative estimate of drug-likeness (QED) is 0.900. The summed E-state index contributed by atoms with van der Waals surface area (Å²) in [6.07, 6.45) is 4.25. The fourth-order valence-corrected chi connectivity index (χ4v) is 2.84. The number of imidazole rings is 1. The fraction of sp³-hybridized carbons (Fsp3) is 0.533. The van der Waals surface area contributed by atoms with Crippen LogP contribution in [0.2, 0.25) is 0 Å². The summed E-state index contributed by atoms with van der Waals surface area (Å²) in [6.45, 7) is 3.41. The molecular formula is C15H22N4. The van der Waals surface area contributed by atoms with Crippen LogP contribution < -0.4 is 5.32 Å². The molecule has 1 aromatic carbocycles. The van der Waals surface area contributed by atoms with Gasteiger partial charge in [0.25, 0.3) is 0 Å². The fourth-order valence-electron chi connectivity index (χ4n) is 2.84. The van der Waals surface area contributed by atoms with Crippen molar-refractivity contribution in [2.24, 2.45) is 7.05 Å². The summed E-state index contributed by atoms with van der Waals surface area (Å²) in [5, 5.41) is 3.42. The molecule has 1 N–H and O–H groups in total. The highest BCUT2D eigenvalue weighted by molar-refractivity contribution is 5.75. The van der Waals surface area contributed by atoms with E-state index in [0.717, 1.165) is 31.6 Å². The molecule has 1 unspecified atom stereocenters. The van der Waals surface area contributed by atoms with Crippen LogP contribution in [0.1, 0.15) is 12.0 Å². The van der Waals surface area contributed by atoms with Gasteiger partial charge in [0.05, 0.1) is 17.4 Å². The lowest BCUT2D eigenvalue weighted by Gasteiger charge is -2.23. The van der Waals surface area contributed by atoms with E-state index in [1.165, 1.54) is 17.5 Å². The van der Waals surface area contributed by atoms with E-state index in [9.17, 15) is 0 Å². The second-order valence-corrected chi connectivity index (χ2v) is 5.56. The zero-order valence-electron chi connectivity index (χ0n) is 11.8. The molecule has 1 aliphatic heterocycles. The zero-order chi connectivity index (χ0) is 13.2. The molecule has 0 bridgehead atoms. The average Bonchev–Trinajstić information content (AvgIpc) is 3.06. The molecule has 19 heavy (non-hydrogen) atoms. The van der Waals surface area contributed by atoms with E-state index in [2.05, 4.69) is 45.0 Å². The maximum absolute atomic E-state index is 4.42. The second kappa shape index (κ2) is 5.31. The minimum Gasteiger partial charge on any atom is -0.334 e. The molecule has 4 heteroatoms. The lowest BCUT2D eigenvalue weighted by atomic mass is 10.1. The maximum atomic E-state index is 4.42. The number of aromatic nitrogens is 2. The van der Waals surface area contributed by atoms with Crippen LogP contribution in [-0.4, -0.2) is 47.2 Å². The van der Waals surface area contributed by atoms with E-state index in [4.69, 9.17) is 0 Å². The summed E-state index contributed by atoms with van der Waals surface area (Å²) >= 11 is 0. The van der Waals surface area contributed by atoms with Gasteiger partial charge >= 0.3 is 0 Å². The number of likely N-dealkylation sites (N-methyl/N-ethyl adjacent to an activating group) is 1. The summed E-state index contributed by atoms with van der Waals surface area (Å²) in [5.41, 5.74) is 3.69. The topological polar surface area (TPSA) is 33.1 Å². The molecule has 1 aromatic heterocycles. The molecule has 0 amide bonds. The first-order valence-electron chi connectivity index (χ1n) is 7.05. The zero-order valence-corrected chi connectivity index (χ0v) is 11.8. The van der Waals surface area contributed by atoms with Gasteiger partial charge in [-0.2, -0.15) is 0 Å². The van der Waals surface area contributed by atoms with Crippen molar-refractivity contribution in [1.29, 1.82) is 0 Å². The van der Waals surface area contributed by atoms with Gasteiger partial charge in [-0.25, -0.2) is 4.98 Å². The molecule has 0 saturated carbocycles. The van der Waals surface area contributed by atoms with E-state index >= 15 is 0 Å². The number of hydrogen-bond donors (Lipinski definition) is 1. The van der Waals surface area contributed by atoms with Crippen LogP contribution in [0.4, 0.5) is 0 Å². The Morgan fingerprint density at radius 1 is 1.47 bits per heavy atom. The Labute approximate surface area is 114 Å². The van der Waals surface area contributed by atoms with E-state index < -0.39 is 0 Å². The van der Waals surface area contributed by atoms with Crippen molar-refractivity contribution < 1.29 is 0 Å². The molecule has 0 spiro atoms. The molecule has 3 rings (SSSR count). The van der Waals surface area contributed by atoms with Crippen molar-refractivity contribution in [2.45, 2.75) is 18.9 Å². The molecule has 1 atom stereocenters. The van der Waals surface area contributed by atoms with E-state index in [-0.39, 0.29) is 0 Å². The Bertz CT molecular complexity index is 554. The summed E-state index contributed by atoms with van der Waals surface area (Å²) in [5.74, 6) is 0. The number of benzene rings is 1. The number of hydrogen-bond acceptors (Lipinski definition) is 3. The molecule has 2 heterocycles. The third-order valence-electron chi connectivity index (χ3n) is 4.20. The van der Waals surface area contributed by atoms with Gasteiger partial charge in [0.2, 0.25) is 0 Å². The number of fused-ring (bicyclic) bond motifs is 1. The lowest BCUT2D eigenvalue weighted by Crippen LogP contribution is -2.34. The van der Waals surface area contributed by atoms with Crippen LogP contribution in [0.5, 0.6) is 0 Å². The van der Waals surface area contributed by atoms with Gasteiger partial charge in [0.1, 0.15) is 0 Å². The third-order valence-corrected chi connectivity index (χ3v) is 4.20. The summed E-state index contributed by atoms with van der Waals surface area (Å²) in [7, 11) is 4.27. The van der Waals surface area contributed by atoms with Gasteiger partial charge in [-0.05, 0) is 44.1 Å². The van der Waals surface area contributed by atoms with Gasteiger partial charge in [-0.1, -0.05) is 6.07 Å². The number of nitrogens with zero attached hydrogens (tertiary/aromatic N) is 3. The summed E-state index contributed by atoms with van der Waals surface area (Å²) in [4.78, 5) is 6.90. The Hall–Kier alpha value is -1.39. The van der Waals surface area contributed by atoms with Crippen LogP contribution in [0, 0.1) is 0 Å². The van der Waals surface area contributed by atoms with Crippen LogP contribution >= 0.6 is 0 Å². The maximum Gasteiger partial charge on any atom is 0.0955 e. The molecule has 1 aliphatic rings. The second-order valence-electron chi connectivity index (χ2n) is 5.56. The van der Waals surface area contributed by atoms with Gasteiger partial charge in [0, 0.05) is 26.2 Å². The van der Waals surface area contributed by atoms with Crippen molar-refractivity contribution in [3.63, 3.8) is 0 Å². The van der Waals surface area contributed by atoms with E-state index in [1.54, 1.807) is 0 Å². The van der Waals surface area contributed by atoms with Gasteiger partial charge < -0.3 is 14.8 Å². The van der Waals surface area contributed by atoms with Crippen LogP contribution in [0.25, 0.3) is 11.0 Å². The number of rotatable bonds is 4. The van der Waals surface area contributed by atoms with Crippen molar-refractivity contribution in [3.05, 3.63) is 30.1 Å². The molecule has 0 radical (unpaired) electrons. The van der Waals surface area contributed by atoms with Crippen molar-refractivity contribution in [1.82, 2.24) is 19.8 Å². The Kier molecular flexibility index (Phi) is 3.53. The van der Waals surface area contributed by atoms with Crippen molar-refractivity contribution >= 4 is 11.0 Å². The molecule has 102 valence electrons.